The van der Waals surface area contributed by atoms with Crippen LogP contribution < -0.4 is 16.1 Å². The second-order valence-corrected chi connectivity index (χ2v) is 10.0. The first-order valence-electron chi connectivity index (χ1n) is 13.4. The van der Waals surface area contributed by atoms with Gasteiger partial charge >= 0.3 is 5.97 Å². The van der Waals surface area contributed by atoms with Gasteiger partial charge in [0.05, 0.1) is 6.61 Å². The van der Waals surface area contributed by atoms with E-state index in [1.807, 2.05) is 56.3 Å². The molecule has 2 heterocycles. The van der Waals surface area contributed by atoms with Crippen LogP contribution in [0.5, 0.6) is 0 Å². The molecule has 3 amide bonds. The van der Waals surface area contributed by atoms with E-state index < -0.39 is 24.0 Å². The van der Waals surface area contributed by atoms with Crippen molar-refractivity contribution in [2.24, 2.45) is 5.92 Å². The number of hydrazine groups is 1. The Bertz CT molecular complexity index is 949. The van der Waals surface area contributed by atoms with Crippen LogP contribution in [0.4, 0.5) is 0 Å². The van der Waals surface area contributed by atoms with Crippen LogP contribution in [-0.2, 0) is 30.3 Å². The van der Waals surface area contributed by atoms with Gasteiger partial charge in [0.15, 0.2) is 0 Å². The molecule has 1 saturated heterocycles. The highest BCUT2D eigenvalue weighted by Gasteiger charge is 2.35. The van der Waals surface area contributed by atoms with Crippen LogP contribution in [0.1, 0.15) is 64.4 Å². The molecule has 2 bridgehead atoms. The Labute approximate surface area is 219 Å². The van der Waals surface area contributed by atoms with Crippen molar-refractivity contribution in [3.63, 3.8) is 0 Å². The summed E-state index contributed by atoms with van der Waals surface area (Å²) in [7, 11) is 0. The molecule has 1 aromatic rings. The monoisotopic (exact) mass is 512 g/mol. The Kier molecular flexibility index (Phi) is 11.1. The predicted molar refractivity (Wildman–Crippen MR) is 140 cm³/mol. The van der Waals surface area contributed by atoms with Crippen molar-refractivity contribution >= 4 is 23.7 Å². The van der Waals surface area contributed by atoms with Gasteiger partial charge in [-0.3, -0.25) is 24.2 Å². The first-order chi connectivity index (χ1) is 17.8. The zero-order chi connectivity index (χ0) is 26.6. The van der Waals surface area contributed by atoms with Gasteiger partial charge in [-0.15, -0.1) is 0 Å². The summed E-state index contributed by atoms with van der Waals surface area (Å²) < 4.78 is 5.43. The number of carbonyl (C=O) groups excluding carboxylic acids is 4. The summed E-state index contributed by atoms with van der Waals surface area (Å²) in [6, 6.07) is 7.19. The van der Waals surface area contributed by atoms with Gasteiger partial charge in [0.1, 0.15) is 18.1 Å². The molecule has 1 aromatic carbocycles. The fourth-order valence-corrected chi connectivity index (χ4v) is 4.51. The van der Waals surface area contributed by atoms with E-state index in [4.69, 9.17) is 4.74 Å². The van der Waals surface area contributed by atoms with Crippen LogP contribution in [-0.4, -0.2) is 60.0 Å². The molecule has 0 aromatic heterocycles. The van der Waals surface area contributed by atoms with Gasteiger partial charge in [0.2, 0.25) is 11.8 Å². The molecular weight excluding hydrogens is 472 g/mol. The number of fused-ring (bicyclic) bond motifs is 2. The van der Waals surface area contributed by atoms with Crippen LogP contribution in [0.3, 0.4) is 0 Å². The average Bonchev–Trinajstić information content (AvgIpc) is 2.89. The molecule has 2 aliphatic heterocycles. The van der Waals surface area contributed by atoms with Crippen molar-refractivity contribution in [2.45, 2.75) is 83.3 Å². The maximum absolute atomic E-state index is 13.6. The third kappa shape index (κ3) is 9.00. The lowest BCUT2D eigenvalue weighted by Crippen LogP contribution is -2.62. The topological polar surface area (TPSA) is 117 Å². The summed E-state index contributed by atoms with van der Waals surface area (Å²) in [5.41, 5.74) is 3.91. The van der Waals surface area contributed by atoms with E-state index in [2.05, 4.69) is 16.1 Å². The highest BCUT2D eigenvalue weighted by atomic mass is 16.5. The second kappa shape index (κ2) is 14.5. The quantitative estimate of drug-likeness (QED) is 0.423. The first kappa shape index (κ1) is 28.4. The Balaban J connectivity index is 1.82. The van der Waals surface area contributed by atoms with Crippen molar-refractivity contribution in [1.82, 2.24) is 21.1 Å². The summed E-state index contributed by atoms with van der Waals surface area (Å²) >= 11 is 0. The molecule has 9 heteroatoms. The van der Waals surface area contributed by atoms with Crippen LogP contribution in [0.25, 0.3) is 0 Å². The van der Waals surface area contributed by atoms with Gasteiger partial charge in [-0.25, -0.2) is 5.43 Å². The number of allylic oxidation sites excluding steroid dienone is 1. The van der Waals surface area contributed by atoms with E-state index in [0.717, 1.165) is 18.4 Å². The number of esters is 1. The number of cyclic esters (lactones) is 1. The summed E-state index contributed by atoms with van der Waals surface area (Å²) in [5.74, 6) is -1.45. The third-order valence-electron chi connectivity index (χ3n) is 6.62. The molecule has 37 heavy (non-hydrogen) atoms. The van der Waals surface area contributed by atoms with Crippen molar-refractivity contribution in [3.05, 3.63) is 48.0 Å². The lowest BCUT2D eigenvalue weighted by molar-refractivity contribution is -0.153. The maximum Gasteiger partial charge on any atom is 0.324 e. The molecule has 2 aliphatic rings. The molecule has 0 saturated carbocycles. The van der Waals surface area contributed by atoms with Gasteiger partial charge in [-0.2, -0.15) is 0 Å². The third-order valence-corrected chi connectivity index (χ3v) is 6.62. The largest absolute Gasteiger partial charge is 0.464 e. The molecule has 1 fully saturated rings. The molecule has 0 radical (unpaired) electrons. The average molecular weight is 513 g/mol. The minimum atomic E-state index is -0.869. The summed E-state index contributed by atoms with van der Waals surface area (Å²) in [5, 5.41) is 7.18. The minimum absolute atomic E-state index is 0.163. The molecular formula is C28H40N4O5. The Morgan fingerprint density at radius 2 is 1.73 bits per heavy atom. The number of nitrogens with one attached hydrogen (secondary N) is 3. The normalized spacial score (nSPS) is 26.1. The van der Waals surface area contributed by atoms with Gasteiger partial charge < -0.3 is 15.4 Å². The van der Waals surface area contributed by atoms with Crippen LogP contribution in [0.2, 0.25) is 0 Å². The number of carbonyl (C=O) groups is 4. The van der Waals surface area contributed by atoms with E-state index in [0.29, 0.717) is 38.6 Å². The van der Waals surface area contributed by atoms with Crippen LogP contribution >= 0.6 is 0 Å². The maximum atomic E-state index is 13.6. The van der Waals surface area contributed by atoms with Crippen molar-refractivity contribution in [1.29, 1.82) is 0 Å². The fourth-order valence-electron chi connectivity index (χ4n) is 4.51. The van der Waals surface area contributed by atoms with Gasteiger partial charge in [-0.05, 0) is 50.0 Å². The second-order valence-electron chi connectivity index (χ2n) is 10.0. The number of hydrogen-bond acceptors (Lipinski definition) is 6. The lowest BCUT2D eigenvalue weighted by Gasteiger charge is -2.35. The van der Waals surface area contributed by atoms with Gasteiger partial charge in [0.25, 0.3) is 5.91 Å². The van der Waals surface area contributed by atoms with E-state index >= 15 is 0 Å². The lowest BCUT2D eigenvalue weighted by atomic mass is 10.00. The number of rotatable bonds is 3. The van der Waals surface area contributed by atoms with Crippen molar-refractivity contribution < 1.29 is 23.9 Å². The molecule has 9 nitrogen and oxygen atoms in total. The van der Waals surface area contributed by atoms with Crippen molar-refractivity contribution in [3.8, 4) is 0 Å². The van der Waals surface area contributed by atoms with E-state index in [9.17, 15) is 19.2 Å². The van der Waals surface area contributed by atoms with Crippen LogP contribution in [0.15, 0.2) is 42.5 Å². The molecule has 202 valence electrons. The molecule has 0 unspecified atom stereocenters. The molecule has 3 N–H and O–H groups in total. The minimum Gasteiger partial charge on any atom is -0.464 e. The van der Waals surface area contributed by atoms with E-state index in [1.165, 1.54) is 5.01 Å². The Hall–Kier alpha value is -3.20. The van der Waals surface area contributed by atoms with Crippen LogP contribution in [0, 0.1) is 5.92 Å². The number of amides is 3. The van der Waals surface area contributed by atoms with Gasteiger partial charge in [0, 0.05) is 19.4 Å². The summed E-state index contributed by atoms with van der Waals surface area (Å²) in [6.07, 6.45) is 8.80. The smallest absolute Gasteiger partial charge is 0.324 e. The van der Waals surface area contributed by atoms with E-state index in [1.54, 1.807) is 0 Å². The Morgan fingerprint density at radius 3 is 2.49 bits per heavy atom. The SMILES string of the molecule is CC(C)[C@@H]1NC(=O)CCCC/C=C/CCOC(=O)[C@@H]2CCCN(N2)C(=O)[C@H](Cc2ccccc2)NC1=O. The zero-order valence-electron chi connectivity index (χ0n) is 21.9. The summed E-state index contributed by atoms with van der Waals surface area (Å²) in [4.78, 5) is 52.2. The highest BCUT2D eigenvalue weighted by Crippen LogP contribution is 2.14. The zero-order valence-corrected chi connectivity index (χ0v) is 21.9. The first-order valence-corrected chi connectivity index (χ1v) is 13.4. The number of hydrogen-bond donors (Lipinski definition) is 3. The molecule has 3 rings (SSSR count). The van der Waals surface area contributed by atoms with E-state index in [-0.39, 0.29) is 36.7 Å². The predicted octanol–water partition coefficient (Wildman–Crippen LogP) is 2.41. The summed E-state index contributed by atoms with van der Waals surface area (Å²) in [6.45, 7) is 4.42. The Morgan fingerprint density at radius 1 is 0.973 bits per heavy atom. The molecule has 0 aliphatic carbocycles. The number of nitrogens with zero attached hydrogens (tertiary/aromatic N) is 1. The number of ether oxygens (including phenoxy) is 1. The van der Waals surface area contributed by atoms with Crippen molar-refractivity contribution in [2.75, 3.05) is 13.2 Å². The standard InChI is InChI=1S/C28H40N4O5/c1-20(2)25-26(34)29-23(19-21-13-8-7-9-14-21)27(35)32-17-12-15-22(31-32)28(36)37-18-11-6-4-3-5-10-16-24(33)30-25/h4,6-9,13-14,20,22-23,25,31H,3,5,10-12,15-19H2,1-2H3,(H,29,34)(H,30,33)/b6-4+/t22-,23-,25-/m0/s1. The fraction of sp³-hybridized carbons (Fsp3) is 0.571. The molecule has 3 atom stereocenters. The van der Waals surface area contributed by atoms with Gasteiger partial charge in [-0.1, -0.05) is 56.3 Å². The highest BCUT2D eigenvalue weighted by molar-refractivity contribution is 5.92. The molecule has 0 spiro atoms. The number of benzene rings is 1.